The van der Waals surface area contributed by atoms with Crippen LogP contribution in [0.1, 0.15) is 5.69 Å². The molecule has 0 amide bonds. The van der Waals surface area contributed by atoms with E-state index in [-0.39, 0.29) is 0 Å². The Balaban J connectivity index is 1.97. The van der Waals surface area contributed by atoms with Crippen LogP contribution in [0.4, 0.5) is 5.69 Å². The molecule has 0 fully saturated rings. The minimum Gasteiger partial charge on any atom is -0.378 e. The van der Waals surface area contributed by atoms with E-state index in [4.69, 9.17) is 11.6 Å². The molecule has 0 unspecified atom stereocenters. The third-order valence-electron chi connectivity index (χ3n) is 1.65. The summed E-state index contributed by atoms with van der Waals surface area (Å²) in [6.45, 7) is 0.719. The number of hydrogen-bond donors (Lipinski definition) is 2. The smallest absolute Gasteiger partial charge is 0.116 e. The molecule has 0 aliphatic carbocycles. The summed E-state index contributed by atoms with van der Waals surface area (Å²) in [6.07, 6.45) is 1.73. The standard InChI is InChI=1S/C8H8ClN3S/c9-8-7(2-4-13-8)10-5-6-1-3-11-12-6/h1-4,10H,5H2,(H,11,12). The Labute approximate surface area is 84.7 Å². The zero-order chi connectivity index (χ0) is 9.10. The molecule has 68 valence electrons. The lowest BCUT2D eigenvalue weighted by Gasteiger charge is -2.01. The molecule has 2 N–H and O–H groups in total. The fourth-order valence-corrected chi connectivity index (χ4v) is 1.87. The van der Waals surface area contributed by atoms with Gasteiger partial charge in [-0.1, -0.05) is 11.6 Å². The van der Waals surface area contributed by atoms with Crippen LogP contribution in [-0.4, -0.2) is 10.2 Å². The Bertz CT molecular complexity index is 368. The van der Waals surface area contributed by atoms with Gasteiger partial charge in [0, 0.05) is 6.20 Å². The van der Waals surface area contributed by atoms with Gasteiger partial charge in [0.2, 0.25) is 0 Å². The molecular weight excluding hydrogens is 206 g/mol. The summed E-state index contributed by atoms with van der Waals surface area (Å²) >= 11 is 7.43. The highest BCUT2D eigenvalue weighted by Gasteiger charge is 2.00. The first-order valence-electron chi connectivity index (χ1n) is 3.81. The minimum atomic E-state index is 0.719. The third kappa shape index (κ3) is 2.02. The lowest BCUT2D eigenvalue weighted by molar-refractivity contribution is 0.982. The van der Waals surface area contributed by atoms with Crippen LogP contribution in [0.15, 0.2) is 23.7 Å². The number of aromatic nitrogens is 2. The molecule has 0 radical (unpaired) electrons. The Morgan fingerprint density at radius 2 is 2.46 bits per heavy atom. The summed E-state index contributed by atoms with van der Waals surface area (Å²) in [4.78, 5) is 0. The molecule has 5 heteroatoms. The molecule has 0 saturated heterocycles. The van der Waals surface area contributed by atoms with Gasteiger partial charge in [0.1, 0.15) is 4.34 Å². The second-order valence-electron chi connectivity index (χ2n) is 2.54. The van der Waals surface area contributed by atoms with Crippen molar-refractivity contribution in [2.24, 2.45) is 0 Å². The lowest BCUT2D eigenvalue weighted by atomic mass is 10.4. The molecule has 2 aromatic rings. The number of rotatable bonds is 3. The van der Waals surface area contributed by atoms with E-state index < -0.39 is 0 Å². The summed E-state index contributed by atoms with van der Waals surface area (Å²) < 4.78 is 0.791. The van der Waals surface area contributed by atoms with Gasteiger partial charge in [-0.25, -0.2) is 0 Å². The van der Waals surface area contributed by atoms with Gasteiger partial charge < -0.3 is 5.32 Å². The van der Waals surface area contributed by atoms with Gasteiger partial charge in [-0.05, 0) is 17.5 Å². The summed E-state index contributed by atoms with van der Waals surface area (Å²) in [7, 11) is 0. The molecule has 2 aromatic heterocycles. The SMILES string of the molecule is Clc1sccc1NCc1ccn[nH]1. The van der Waals surface area contributed by atoms with Gasteiger partial charge in [-0.3, -0.25) is 5.10 Å². The second-order valence-corrected chi connectivity index (χ2v) is 4.06. The van der Waals surface area contributed by atoms with Gasteiger partial charge >= 0.3 is 0 Å². The quantitative estimate of drug-likeness (QED) is 0.823. The van der Waals surface area contributed by atoms with Gasteiger partial charge in [0.15, 0.2) is 0 Å². The number of hydrogen-bond acceptors (Lipinski definition) is 3. The van der Waals surface area contributed by atoms with E-state index in [1.807, 2.05) is 17.5 Å². The van der Waals surface area contributed by atoms with E-state index >= 15 is 0 Å². The van der Waals surface area contributed by atoms with E-state index in [9.17, 15) is 0 Å². The van der Waals surface area contributed by atoms with Crippen LogP contribution < -0.4 is 5.32 Å². The molecule has 0 aliphatic rings. The predicted molar refractivity (Wildman–Crippen MR) is 55.2 cm³/mol. The Morgan fingerprint density at radius 3 is 3.08 bits per heavy atom. The molecule has 0 aliphatic heterocycles. The van der Waals surface area contributed by atoms with Crippen LogP contribution in [0.3, 0.4) is 0 Å². The molecule has 0 saturated carbocycles. The molecule has 13 heavy (non-hydrogen) atoms. The van der Waals surface area contributed by atoms with E-state index in [2.05, 4.69) is 15.5 Å². The van der Waals surface area contributed by atoms with Crippen molar-refractivity contribution >= 4 is 28.6 Å². The highest BCUT2D eigenvalue weighted by molar-refractivity contribution is 7.15. The van der Waals surface area contributed by atoms with Crippen LogP contribution in [0.5, 0.6) is 0 Å². The summed E-state index contributed by atoms with van der Waals surface area (Å²) in [5.74, 6) is 0. The van der Waals surface area contributed by atoms with Crippen LogP contribution in [-0.2, 0) is 6.54 Å². The molecule has 3 nitrogen and oxygen atoms in total. The number of nitrogens with zero attached hydrogens (tertiary/aromatic N) is 1. The maximum absolute atomic E-state index is 5.91. The molecule has 0 bridgehead atoms. The van der Waals surface area contributed by atoms with E-state index in [1.54, 1.807) is 6.20 Å². The van der Waals surface area contributed by atoms with Gasteiger partial charge in [0.05, 0.1) is 17.9 Å². The van der Waals surface area contributed by atoms with E-state index in [1.165, 1.54) is 11.3 Å². The van der Waals surface area contributed by atoms with Crippen molar-refractivity contribution in [2.75, 3.05) is 5.32 Å². The van der Waals surface area contributed by atoms with Crippen molar-refractivity contribution in [3.05, 3.63) is 33.7 Å². The third-order valence-corrected chi connectivity index (χ3v) is 2.82. The zero-order valence-electron chi connectivity index (χ0n) is 6.75. The summed E-state index contributed by atoms with van der Waals surface area (Å²) in [5, 5.41) is 11.9. The molecule has 0 atom stereocenters. The minimum absolute atomic E-state index is 0.719. The fraction of sp³-hybridized carbons (Fsp3) is 0.125. The van der Waals surface area contributed by atoms with E-state index in [0.29, 0.717) is 0 Å². The first-order chi connectivity index (χ1) is 6.36. The predicted octanol–water partition coefficient (Wildman–Crippen LogP) is 2.74. The van der Waals surface area contributed by atoms with Crippen LogP contribution in [0, 0.1) is 0 Å². The molecule has 2 heterocycles. The van der Waals surface area contributed by atoms with Crippen molar-refractivity contribution in [2.45, 2.75) is 6.54 Å². The Morgan fingerprint density at radius 1 is 1.54 bits per heavy atom. The monoisotopic (exact) mass is 213 g/mol. The fourth-order valence-electron chi connectivity index (χ4n) is 0.993. The van der Waals surface area contributed by atoms with Crippen molar-refractivity contribution in [1.29, 1.82) is 0 Å². The van der Waals surface area contributed by atoms with Crippen molar-refractivity contribution < 1.29 is 0 Å². The van der Waals surface area contributed by atoms with Crippen molar-refractivity contribution in [3.8, 4) is 0 Å². The number of aromatic amines is 1. The highest BCUT2D eigenvalue weighted by Crippen LogP contribution is 2.27. The average molecular weight is 214 g/mol. The largest absolute Gasteiger partial charge is 0.378 e. The van der Waals surface area contributed by atoms with E-state index in [0.717, 1.165) is 22.3 Å². The molecule has 0 aromatic carbocycles. The number of anilines is 1. The van der Waals surface area contributed by atoms with Crippen LogP contribution in [0.2, 0.25) is 4.34 Å². The summed E-state index contributed by atoms with van der Waals surface area (Å²) in [6, 6.07) is 3.89. The maximum Gasteiger partial charge on any atom is 0.116 e. The van der Waals surface area contributed by atoms with Crippen molar-refractivity contribution in [3.63, 3.8) is 0 Å². The molecule has 2 rings (SSSR count). The van der Waals surface area contributed by atoms with Crippen molar-refractivity contribution in [1.82, 2.24) is 10.2 Å². The molecule has 0 spiro atoms. The second kappa shape index (κ2) is 3.81. The Kier molecular flexibility index (Phi) is 2.52. The first-order valence-corrected chi connectivity index (χ1v) is 5.07. The number of H-pyrrole nitrogens is 1. The number of halogens is 1. The zero-order valence-corrected chi connectivity index (χ0v) is 8.32. The first kappa shape index (κ1) is 8.59. The van der Waals surface area contributed by atoms with Gasteiger partial charge in [-0.2, -0.15) is 5.10 Å². The van der Waals surface area contributed by atoms with Gasteiger partial charge in [0.25, 0.3) is 0 Å². The topological polar surface area (TPSA) is 40.7 Å². The number of thiophene rings is 1. The number of nitrogens with one attached hydrogen (secondary N) is 2. The highest BCUT2D eigenvalue weighted by atomic mass is 35.5. The lowest BCUT2D eigenvalue weighted by Crippen LogP contribution is -1.98. The average Bonchev–Trinajstić information content (AvgIpc) is 2.72. The Hall–Kier alpha value is -1.00. The maximum atomic E-state index is 5.91. The van der Waals surface area contributed by atoms with Crippen LogP contribution in [0.25, 0.3) is 0 Å². The summed E-state index contributed by atoms with van der Waals surface area (Å²) in [5.41, 5.74) is 2.02. The normalized spacial score (nSPS) is 10.2. The molecular formula is C8H8ClN3S. The van der Waals surface area contributed by atoms with Gasteiger partial charge in [-0.15, -0.1) is 11.3 Å². The van der Waals surface area contributed by atoms with Crippen LogP contribution >= 0.6 is 22.9 Å².